The summed E-state index contributed by atoms with van der Waals surface area (Å²) in [4.78, 5) is 30.6. The number of furan rings is 1. The molecule has 0 unspecified atom stereocenters. The molecule has 2 heterocycles. The second kappa shape index (κ2) is 9.20. The summed E-state index contributed by atoms with van der Waals surface area (Å²) in [5, 5.41) is 4.28. The molecule has 2 aromatic heterocycles. The number of aryl methyl sites for hydroxylation is 2. The molecule has 0 atom stereocenters. The zero-order valence-corrected chi connectivity index (χ0v) is 19.6. The Morgan fingerprint density at radius 3 is 2.59 bits per heavy atom. The van der Waals surface area contributed by atoms with Gasteiger partial charge in [-0.1, -0.05) is 43.8 Å². The number of thioether (sulfide) groups is 1. The van der Waals surface area contributed by atoms with Crippen LogP contribution in [0, 0.1) is 19.8 Å². The summed E-state index contributed by atoms with van der Waals surface area (Å²) in [6.07, 6.45) is 0.829. The van der Waals surface area contributed by atoms with Gasteiger partial charge in [0.15, 0.2) is 5.16 Å². The van der Waals surface area contributed by atoms with Crippen molar-refractivity contribution in [2.45, 2.75) is 45.8 Å². The molecule has 0 aliphatic carbocycles. The number of nitrogens with zero attached hydrogens (tertiary/aromatic N) is 2. The van der Waals surface area contributed by atoms with Crippen LogP contribution in [-0.2, 0) is 11.3 Å². The van der Waals surface area contributed by atoms with Crippen molar-refractivity contribution in [3.8, 4) is 0 Å². The first-order valence-electron chi connectivity index (χ1n) is 10.7. The zero-order valence-electron chi connectivity index (χ0n) is 18.8. The lowest BCUT2D eigenvalue weighted by Gasteiger charge is -2.13. The van der Waals surface area contributed by atoms with Gasteiger partial charge in [-0.05, 0) is 61.6 Å². The molecule has 166 valence electrons. The van der Waals surface area contributed by atoms with Crippen LogP contribution < -0.4 is 10.9 Å². The predicted octanol–water partition coefficient (Wildman–Crippen LogP) is 5.54. The summed E-state index contributed by atoms with van der Waals surface area (Å²) in [6, 6.07) is 13.4. The quantitative estimate of drug-likeness (QED) is 0.296. The molecule has 1 amide bonds. The lowest BCUT2D eigenvalue weighted by molar-refractivity contribution is -0.113. The number of amides is 1. The van der Waals surface area contributed by atoms with E-state index in [0.717, 1.165) is 28.6 Å². The average molecular weight is 450 g/mol. The van der Waals surface area contributed by atoms with E-state index in [-0.39, 0.29) is 22.8 Å². The molecule has 7 heteroatoms. The lowest BCUT2D eigenvalue weighted by atomic mass is 10.1. The van der Waals surface area contributed by atoms with E-state index in [1.807, 2.05) is 50.2 Å². The largest absolute Gasteiger partial charge is 0.448 e. The van der Waals surface area contributed by atoms with E-state index in [9.17, 15) is 9.59 Å². The van der Waals surface area contributed by atoms with Gasteiger partial charge in [-0.3, -0.25) is 14.2 Å². The van der Waals surface area contributed by atoms with Crippen molar-refractivity contribution < 1.29 is 9.21 Å². The molecule has 2 aromatic carbocycles. The molecule has 6 nitrogen and oxygen atoms in total. The fourth-order valence-corrected chi connectivity index (χ4v) is 4.54. The first kappa shape index (κ1) is 22.1. The standard InChI is InChI=1S/C25H27N3O3S/c1-15(2)9-10-28-24(30)23-22(19-7-5-6-8-20(19)31-23)27-25(28)32-14-21(29)26-18-12-16(3)11-17(4)13-18/h5-8,11-13,15H,9-10,14H2,1-4H3,(H,26,29). The van der Waals surface area contributed by atoms with Crippen molar-refractivity contribution in [1.29, 1.82) is 0 Å². The van der Waals surface area contributed by atoms with Crippen LogP contribution in [0.25, 0.3) is 22.1 Å². The summed E-state index contributed by atoms with van der Waals surface area (Å²) in [6.45, 7) is 8.75. The smallest absolute Gasteiger partial charge is 0.297 e. The molecule has 0 spiro atoms. The van der Waals surface area contributed by atoms with E-state index < -0.39 is 0 Å². The number of hydrogen-bond donors (Lipinski definition) is 1. The van der Waals surface area contributed by atoms with Crippen molar-refractivity contribution in [3.05, 3.63) is 63.9 Å². The highest BCUT2D eigenvalue weighted by molar-refractivity contribution is 7.99. The maximum atomic E-state index is 13.3. The lowest BCUT2D eigenvalue weighted by Crippen LogP contribution is -2.24. The van der Waals surface area contributed by atoms with Crippen molar-refractivity contribution in [1.82, 2.24) is 9.55 Å². The van der Waals surface area contributed by atoms with Crippen molar-refractivity contribution >= 4 is 45.4 Å². The van der Waals surface area contributed by atoms with Gasteiger partial charge in [-0.2, -0.15) is 0 Å². The molecular weight excluding hydrogens is 422 g/mol. The monoisotopic (exact) mass is 449 g/mol. The third-order valence-electron chi connectivity index (χ3n) is 5.21. The number of aromatic nitrogens is 2. The van der Waals surface area contributed by atoms with E-state index in [1.54, 1.807) is 4.57 Å². The first-order chi connectivity index (χ1) is 15.3. The van der Waals surface area contributed by atoms with E-state index in [2.05, 4.69) is 25.2 Å². The molecule has 0 saturated carbocycles. The summed E-state index contributed by atoms with van der Waals surface area (Å²) in [5.41, 5.74) is 4.20. The third kappa shape index (κ3) is 4.72. The second-order valence-corrected chi connectivity index (χ2v) is 9.47. The van der Waals surface area contributed by atoms with Crippen LogP contribution in [0.15, 0.2) is 56.8 Å². The highest BCUT2D eigenvalue weighted by Crippen LogP contribution is 2.27. The zero-order chi connectivity index (χ0) is 22.8. The van der Waals surface area contributed by atoms with E-state index in [1.165, 1.54) is 11.8 Å². The molecule has 4 aromatic rings. The van der Waals surface area contributed by atoms with Crippen LogP contribution in [-0.4, -0.2) is 21.2 Å². The predicted molar refractivity (Wildman–Crippen MR) is 130 cm³/mol. The van der Waals surface area contributed by atoms with Gasteiger partial charge in [0.1, 0.15) is 11.1 Å². The van der Waals surface area contributed by atoms with Crippen LogP contribution in [0.2, 0.25) is 0 Å². The average Bonchev–Trinajstić information content (AvgIpc) is 3.10. The molecule has 4 rings (SSSR count). The first-order valence-corrected chi connectivity index (χ1v) is 11.7. The second-order valence-electron chi connectivity index (χ2n) is 8.52. The van der Waals surface area contributed by atoms with Gasteiger partial charge in [-0.15, -0.1) is 0 Å². The number of benzene rings is 2. The molecule has 1 N–H and O–H groups in total. The maximum absolute atomic E-state index is 13.3. The molecule has 0 saturated heterocycles. The van der Waals surface area contributed by atoms with Gasteiger partial charge in [-0.25, -0.2) is 4.98 Å². The Morgan fingerprint density at radius 1 is 1.16 bits per heavy atom. The van der Waals surface area contributed by atoms with Gasteiger partial charge in [0.25, 0.3) is 5.56 Å². The van der Waals surface area contributed by atoms with Gasteiger partial charge < -0.3 is 9.73 Å². The van der Waals surface area contributed by atoms with Gasteiger partial charge in [0, 0.05) is 17.6 Å². The number of para-hydroxylation sites is 1. The molecule has 0 fully saturated rings. The minimum Gasteiger partial charge on any atom is -0.448 e. The Kier molecular flexibility index (Phi) is 6.37. The highest BCUT2D eigenvalue weighted by atomic mass is 32.2. The van der Waals surface area contributed by atoms with Gasteiger partial charge in [0.05, 0.1) is 5.75 Å². The van der Waals surface area contributed by atoms with Crippen molar-refractivity contribution in [2.24, 2.45) is 5.92 Å². The normalized spacial score (nSPS) is 11.5. The number of carbonyl (C=O) groups is 1. The fourth-order valence-electron chi connectivity index (χ4n) is 3.72. The fraction of sp³-hybridized carbons (Fsp3) is 0.320. The van der Waals surface area contributed by atoms with Crippen LogP contribution in [0.3, 0.4) is 0 Å². The number of anilines is 1. The Balaban J connectivity index is 1.64. The molecule has 32 heavy (non-hydrogen) atoms. The maximum Gasteiger partial charge on any atom is 0.297 e. The van der Waals surface area contributed by atoms with Crippen molar-refractivity contribution in [2.75, 3.05) is 11.1 Å². The number of nitrogens with one attached hydrogen (secondary N) is 1. The summed E-state index contributed by atoms with van der Waals surface area (Å²) >= 11 is 1.27. The van der Waals surface area contributed by atoms with Crippen LogP contribution in [0.1, 0.15) is 31.4 Å². The number of fused-ring (bicyclic) bond motifs is 3. The van der Waals surface area contributed by atoms with Gasteiger partial charge >= 0.3 is 0 Å². The minimum atomic E-state index is -0.205. The molecule has 0 bridgehead atoms. The van der Waals surface area contributed by atoms with E-state index >= 15 is 0 Å². The molecule has 0 aliphatic heterocycles. The summed E-state index contributed by atoms with van der Waals surface area (Å²) in [5.74, 6) is 0.448. The number of carbonyl (C=O) groups excluding carboxylic acids is 1. The molecular formula is C25H27N3O3S. The molecule has 0 radical (unpaired) electrons. The topological polar surface area (TPSA) is 77.1 Å². The molecule has 0 aliphatic rings. The number of hydrogen-bond acceptors (Lipinski definition) is 5. The Labute approximate surface area is 191 Å². The summed E-state index contributed by atoms with van der Waals surface area (Å²) < 4.78 is 7.47. The van der Waals surface area contributed by atoms with Gasteiger partial charge in [0.2, 0.25) is 11.5 Å². The van der Waals surface area contributed by atoms with Crippen LogP contribution in [0.5, 0.6) is 0 Å². The summed E-state index contributed by atoms with van der Waals surface area (Å²) in [7, 11) is 0. The van der Waals surface area contributed by atoms with E-state index in [4.69, 9.17) is 9.40 Å². The Morgan fingerprint density at radius 2 is 1.88 bits per heavy atom. The highest BCUT2D eigenvalue weighted by Gasteiger charge is 2.19. The minimum absolute atomic E-state index is 0.137. The van der Waals surface area contributed by atoms with Crippen LogP contribution >= 0.6 is 11.8 Å². The Hall–Kier alpha value is -3.06. The SMILES string of the molecule is Cc1cc(C)cc(NC(=O)CSc2nc3c(oc4ccccc43)c(=O)n2CCC(C)C)c1. The van der Waals surface area contributed by atoms with E-state index in [0.29, 0.717) is 28.7 Å². The Bertz CT molecular complexity index is 1330. The third-order valence-corrected chi connectivity index (χ3v) is 6.19. The van der Waals surface area contributed by atoms with Crippen LogP contribution in [0.4, 0.5) is 5.69 Å². The number of rotatable bonds is 7. The van der Waals surface area contributed by atoms with Crippen molar-refractivity contribution in [3.63, 3.8) is 0 Å².